The Labute approximate surface area is 91.7 Å². The number of rotatable bonds is 2. The molecular weight excluding hydrogens is 210 g/mol. The number of H-pyrrole nitrogens is 1. The zero-order valence-electron chi connectivity index (χ0n) is 8.28. The average molecular weight is 221 g/mol. The lowest BCUT2D eigenvalue weighted by Gasteiger charge is -2.00. The Balaban J connectivity index is 2.74. The van der Waals surface area contributed by atoms with E-state index in [1.54, 1.807) is 4.57 Å². The summed E-state index contributed by atoms with van der Waals surface area (Å²) in [5.41, 5.74) is 8.14. The number of carbonyl (C=O) groups is 1. The van der Waals surface area contributed by atoms with Gasteiger partial charge in [-0.05, 0) is 30.8 Å². The first kappa shape index (κ1) is 9.92. The highest BCUT2D eigenvalue weighted by Crippen LogP contribution is 2.17. The second kappa shape index (κ2) is 3.51. The standard InChI is InChI=1S/C10H11N3OS/c1-6-3-2-4-7-9(6)12-10(15)13(7)5-8(11)14/h2-4H,5H2,1H3,(H2,11,14)(H,12,15). The molecule has 0 aliphatic carbocycles. The second-order valence-electron chi connectivity index (χ2n) is 3.45. The van der Waals surface area contributed by atoms with Gasteiger partial charge in [0.25, 0.3) is 0 Å². The molecule has 1 heterocycles. The summed E-state index contributed by atoms with van der Waals surface area (Å²) in [5, 5.41) is 0. The van der Waals surface area contributed by atoms with Crippen molar-refractivity contribution >= 4 is 29.2 Å². The molecular formula is C10H11N3OS. The second-order valence-corrected chi connectivity index (χ2v) is 3.84. The zero-order valence-corrected chi connectivity index (χ0v) is 9.10. The number of amides is 1. The third-order valence-electron chi connectivity index (χ3n) is 2.33. The molecule has 0 fully saturated rings. The normalized spacial score (nSPS) is 10.7. The maximum Gasteiger partial charge on any atom is 0.237 e. The predicted molar refractivity (Wildman–Crippen MR) is 61.1 cm³/mol. The van der Waals surface area contributed by atoms with Gasteiger partial charge in [0.2, 0.25) is 5.91 Å². The number of aromatic nitrogens is 2. The Morgan fingerprint density at radius 3 is 3.00 bits per heavy atom. The fourth-order valence-corrected chi connectivity index (χ4v) is 1.90. The molecule has 2 aromatic rings. The minimum absolute atomic E-state index is 0.113. The van der Waals surface area contributed by atoms with Crippen LogP contribution in [0.4, 0.5) is 0 Å². The Morgan fingerprint density at radius 2 is 2.33 bits per heavy atom. The van der Waals surface area contributed by atoms with E-state index in [1.165, 1.54) is 0 Å². The van der Waals surface area contributed by atoms with Crippen LogP contribution in [0.2, 0.25) is 0 Å². The number of carbonyl (C=O) groups excluding carboxylic acids is 1. The summed E-state index contributed by atoms with van der Waals surface area (Å²) in [7, 11) is 0. The van der Waals surface area contributed by atoms with Crippen molar-refractivity contribution in [3.63, 3.8) is 0 Å². The summed E-state index contributed by atoms with van der Waals surface area (Å²) in [6.07, 6.45) is 0. The van der Waals surface area contributed by atoms with Gasteiger partial charge in [0.05, 0.1) is 11.0 Å². The topological polar surface area (TPSA) is 63.8 Å². The van der Waals surface area contributed by atoms with Crippen molar-refractivity contribution in [1.29, 1.82) is 0 Å². The lowest BCUT2D eigenvalue weighted by atomic mass is 10.2. The number of aromatic amines is 1. The molecule has 5 heteroatoms. The van der Waals surface area contributed by atoms with Crippen LogP contribution in [0.25, 0.3) is 11.0 Å². The van der Waals surface area contributed by atoms with Gasteiger partial charge in [0.1, 0.15) is 6.54 Å². The van der Waals surface area contributed by atoms with E-state index in [4.69, 9.17) is 18.0 Å². The minimum atomic E-state index is -0.395. The maximum atomic E-state index is 10.9. The Kier molecular flexibility index (Phi) is 2.32. The van der Waals surface area contributed by atoms with E-state index >= 15 is 0 Å². The highest BCUT2D eigenvalue weighted by atomic mass is 32.1. The van der Waals surface area contributed by atoms with Gasteiger partial charge >= 0.3 is 0 Å². The molecule has 0 aliphatic heterocycles. The number of aryl methyl sites for hydroxylation is 1. The quantitative estimate of drug-likeness (QED) is 0.755. The van der Waals surface area contributed by atoms with Gasteiger partial charge in [-0.1, -0.05) is 12.1 Å². The third kappa shape index (κ3) is 1.66. The summed E-state index contributed by atoms with van der Waals surface area (Å²) in [6, 6.07) is 5.83. The summed E-state index contributed by atoms with van der Waals surface area (Å²) in [5.74, 6) is -0.395. The Morgan fingerprint density at radius 1 is 1.60 bits per heavy atom. The summed E-state index contributed by atoms with van der Waals surface area (Å²) < 4.78 is 2.23. The van der Waals surface area contributed by atoms with E-state index in [0.717, 1.165) is 16.6 Å². The van der Waals surface area contributed by atoms with Crippen molar-refractivity contribution in [2.24, 2.45) is 5.73 Å². The summed E-state index contributed by atoms with van der Waals surface area (Å²) >= 11 is 5.13. The number of nitrogens with two attached hydrogens (primary N) is 1. The highest BCUT2D eigenvalue weighted by Gasteiger charge is 2.07. The van der Waals surface area contributed by atoms with E-state index in [0.29, 0.717) is 4.77 Å². The van der Waals surface area contributed by atoms with Crippen LogP contribution < -0.4 is 5.73 Å². The van der Waals surface area contributed by atoms with Gasteiger partial charge in [-0.25, -0.2) is 0 Å². The molecule has 2 rings (SSSR count). The number of primary amides is 1. The number of imidazole rings is 1. The van der Waals surface area contributed by atoms with Gasteiger partial charge in [-0.15, -0.1) is 0 Å². The molecule has 0 saturated carbocycles. The van der Waals surface area contributed by atoms with E-state index in [-0.39, 0.29) is 6.54 Å². The number of fused-ring (bicyclic) bond motifs is 1. The number of hydrogen-bond donors (Lipinski definition) is 2. The van der Waals surface area contributed by atoms with Crippen molar-refractivity contribution in [3.05, 3.63) is 28.5 Å². The number of benzene rings is 1. The van der Waals surface area contributed by atoms with Gasteiger partial charge in [0.15, 0.2) is 4.77 Å². The molecule has 4 nitrogen and oxygen atoms in total. The molecule has 0 bridgehead atoms. The molecule has 0 unspecified atom stereocenters. The first-order valence-electron chi connectivity index (χ1n) is 4.56. The first-order chi connectivity index (χ1) is 7.09. The third-order valence-corrected chi connectivity index (χ3v) is 2.66. The van der Waals surface area contributed by atoms with Crippen molar-refractivity contribution in [1.82, 2.24) is 9.55 Å². The van der Waals surface area contributed by atoms with Crippen LogP contribution in [-0.4, -0.2) is 15.5 Å². The van der Waals surface area contributed by atoms with Crippen LogP contribution in [0.15, 0.2) is 18.2 Å². The monoisotopic (exact) mass is 221 g/mol. The molecule has 0 atom stereocenters. The van der Waals surface area contributed by atoms with Crippen molar-refractivity contribution < 1.29 is 4.79 Å². The summed E-state index contributed by atoms with van der Waals surface area (Å²) in [6.45, 7) is 2.10. The number of nitrogens with one attached hydrogen (secondary N) is 1. The fraction of sp³-hybridized carbons (Fsp3) is 0.200. The lowest BCUT2D eigenvalue weighted by Crippen LogP contribution is -2.18. The molecule has 1 amide bonds. The van der Waals surface area contributed by atoms with E-state index < -0.39 is 5.91 Å². The van der Waals surface area contributed by atoms with Crippen LogP contribution >= 0.6 is 12.2 Å². The van der Waals surface area contributed by atoms with Gasteiger partial charge in [-0.3, -0.25) is 4.79 Å². The summed E-state index contributed by atoms with van der Waals surface area (Å²) in [4.78, 5) is 14.0. The Bertz CT molecular complexity index is 582. The molecule has 15 heavy (non-hydrogen) atoms. The maximum absolute atomic E-state index is 10.9. The molecule has 3 N–H and O–H groups in total. The molecule has 0 saturated heterocycles. The van der Waals surface area contributed by atoms with Crippen LogP contribution in [0.1, 0.15) is 5.56 Å². The van der Waals surface area contributed by atoms with Crippen molar-refractivity contribution in [2.75, 3.05) is 0 Å². The van der Waals surface area contributed by atoms with Crippen molar-refractivity contribution in [3.8, 4) is 0 Å². The van der Waals surface area contributed by atoms with Crippen LogP contribution in [0.5, 0.6) is 0 Å². The number of hydrogen-bond acceptors (Lipinski definition) is 2. The number of para-hydroxylation sites is 1. The molecule has 1 aromatic heterocycles. The fourth-order valence-electron chi connectivity index (χ4n) is 1.64. The van der Waals surface area contributed by atoms with E-state index in [1.807, 2.05) is 25.1 Å². The average Bonchev–Trinajstić information content (AvgIpc) is 2.45. The lowest BCUT2D eigenvalue weighted by molar-refractivity contribution is -0.118. The van der Waals surface area contributed by atoms with E-state index in [9.17, 15) is 4.79 Å². The van der Waals surface area contributed by atoms with Gasteiger partial charge in [0, 0.05) is 0 Å². The first-order valence-corrected chi connectivity index (χ1v) is 4.97. The smallest absolute Gasteiger partial charge is 0.237 e. The van der Waals surface area contributed by atoms with Gasteiger partial charge < -0.3 is 15.3 Å². The molecule has 0 aliphatic rings. The molecule has 1 aromatic carbocycles. The molecule has 0 spiro atoms. The Hall–Kier alpha value is -1.62. The largest absolute Gasteiger partial charge is 0.368 e. The van der Waals surface area contributed by atoms with E-state index in [2.05, 4.69) is 4.98 Å². The number of nitrogens with zero attached hydrogens (tertiary/aromatic N) is 1. The van der Waals surface area contributed by atoms with Gasteiger partial charge in [-0.2, -0.15) is 0 Å². The SMILES string of the molecule is Cc1cccc2c1[nH]c(=S)n2CC(N)=O. The van der Waals surface area contributed by atoms with Crippen LogP contribution in [0.3, 0.4) is 0 Å². The zero-order chi connectivity index (χ0) is 11.0. The molecule has 0 radical (unpaired) electrons. The van der Waals surface area contributed by atoms with Crippen LogP contribution in [0, 0.1) is 11.7 Å². The predicted octanol–water partition coefficient (Wildman–Crippen LogP) is 1.49. The van der Waals surface area contributed by atoms with Crippen molar-refractivity contribution in [2.45, 2.75) is 13.5 Å². The van der Waals surface area contributed by atoms with Crippen LogP contribution in [-0.2, 0) is 11.3 Å². The molecule has 78 valence electrons. The highest BCUT2D eigenvalue weighted by molar-refractivity contribution is 7.71. The minimum Gasteiger partial charge on any atom is -0.368 e.